The average molecular weight is 417 g/mol. The molecular weight excluding hydrogens is 392 g/mol. The van der Waals surface area contributed by atoms with E-state index in [4.69, 9.17) is 0 Å². The molecule has 30 heavy (non-hydrogen) atoms. The normalized spacial score (nSPS) is 14.4. The number of aliphatic hydroxyl groups excluding tert-OH is 1. The van der Waals surface area contributed by atoms with E-state index in [1.807, 2.05) is 54.4 Å². The van der Waals surface area contributed by atoms with Crippen molar-refractivity contribution in [3.8, 4) is 0 Å². The van der Waals surface area contributed by atoms with Crippen LogP contribution in [-0.2, 0) is 6.54 Å². The molecule has 0 radical (unpaired) electrons. The van der Waals surface area contributed by atoms with Gasteiger partial charge >= 0.3 is 0 Å². The molecule has 6 heteroatoms. The highest BCUT2D eigenvalue weighted by molar-refractivity contribution is 7.99. The molecule has 5 rings (SSSR count). The second kappa shape index (κ2) is 8.34. The highest BCUT2D eigenvalue weighted by Gasteiger charge is 2.18. The molecular formula is C24H24N4OS. The van der Waals surface area contributed by atoms with Crippen LogP contribution in [0.15, 0.2) is 83.9 Å². The van der Waals surface area contributed by atoms with Gasteiger partial charge in [-0.1, -0.05) is 36.4 Å². The van der Waals surface area contributed by atoms with Crippen LogP contribution < -0.4 is 15.5 Å². The molecule has 4 aromatic rings. The number of hydrogen-bond acceptors (Lipinski definition) is 5. The van der Waals surface area contributed by atoms with Crippen LogP contribution in [0.2, 0.25) is 0 Å². The molecule has 1 aliphatic rings. The zero-order valence-corrected chi connectivity index (χ0v) is 17.3. The van der Waals surface area contributed by atoms with E-state index in [9.17, 15) is 5.11 Å². The number of fused-ring (bicyclic) bond motifs is 2. The Bertz CT molecular complexity index is 1140. The molecule has 4 N–H and O–H groups in total. The number of benzene rings is 3. The van der Waals surface area contributed by atoms with Crippen molar-refractivity contribution in [1.82, 2.24) is 4.98 Å². The van der Waals surface area contributed by atoms with E-state index in [-0.39, 0.29) is 0 Å². The van der Waals surface area contributed by atoms with Gasteiger partial charge in [-0.15, -0.1) is 11.8 Å². The van der Waals surface area contributed by atoms with E-state index in [1.54, 1.807) is 0 Å². The van der Waals surface area contributed by atoms with E-state index in [2.05, 4.69) is 56.9 Å². The van der Waals surface area contributed by atoms with Gasteiger partial charge in [0.15, 0.2) is 0 Å². The van der Waals surface area contributed by atoms with Crippen LogP contribution in [0.25, 0.3) is 10.9 Å². The van der Waals surface area contributed by atoms with Crippen molar-refractivity contribution in [3.05, 3.63) is 84.6 Å². The summed E-state index contributed by atoms with van der Waals surface area (Å²) in [5.74, 6) is 1.08. The molecule has 1 unspecified atom stereocenters. The van der Waals surface area contributed by atoms with E-state index in [0.717, 1.165) is 41.1 Å². The number of hydrogen-bond donors (Lipinski definition) is 4. The Labute approximate surface area is 180 Å². The van der Waals surface area contributed by atoms with Crippen molar-refractivity contribution in [2.45, 2.75) is 17.8 Å². The van der Waals surface area contributed by atoms with Crippen molar-refractivity contribution < 1.29 is 5.11 Å². The molecule has 0 saturated carbocycles. The number of nitrogens with one attached hydrogen (secondary N) is 3. The standard InChI is InChI=1S/C24H24N4OS/c29-24(26-19-7-6-18-10-11-25-21(18)14-19)27-20-8-9-23-22(15-20)28(12-13-30-23)16-17-4-2-1-3-5-17/h1-11,14-15,24-27,29H,12-13,16H2. The second-order valence-electron chi connectivity index (χ2n) is 7.41. The first-order valence-corrected chi connectivity index (χ1v) is 11.1. The Morgan fingerprint density at radius 1 is 0.967 bits per heavy atom. The maximum atomic E-state index is 10.5. The number of rotatable bonds is 6. The van der Waals surface area contributed by atoms with E-state index in [1.165, 1.54) is 16.1 Å². The minimum absolute atomic E-state index is 0.851. The molecule has 0 spiro atoms. The number of thioether (sulfide) groups is 1. The summed E-state index contributed by atoms with van der Waals surface area (Å²) in [6, 6.07) is 24.8. The highest BCUT2D eigenvalue weighted by Crippen LogP contribution is 2.37. The molecule has 0 amide bonds. The van der Waals surface area contributed by atoms with Crippen molar-refractivity contribution in [2.24, 2.45) is 0 Å². The van der Waals surface area contributed by atoms with E-state index in [0.29, 0.717) is 0 Å². The fraction of sp³-hybridized carbons (Fsp3) is 0.167. The number of aromatic nitrogens is 1. The molecule has 1 aromatic heterocycles. The van der Waals surface area contributed by atoms with Gasteiger partial charge in [-0.25, -0.2) is 0 Å². The SMILES string of the molecule is OC(Nc1ccc2c(c1)N(Cc1ccccc1)CCS2)Nc1ccc2cc[nH]c2c1. The molecule has 5 nitrogen and oxygen atoms in total. The zero-order chi connectivity index (χ0) is 20.3. The number of nitrogens with zero attached hydrogens (tertiary/aromatic N) is 1. The predicted molar refractivity (Wildman–Crippen MR) is 126 cm³/mol. The van der Waals surface area contributed by atoms with Gasteiger partial charge in [-0.3, -0.25) is 0 Å². The Kier molecular flexibility index (Phi) is 5.26. The Hall–Kier alpha value is -3.09. The molecule has 1 atom stereocenters. The summed E-state index contributed by atoms with van der Waals surface area (Å²) >= 11 is 1.88. The van der Waals surface area contributed by atoms with Crippen LogP contribution in [0.1, 0.15) is 5.56 Å². The van der Waals surface area contributed by atoms with Crippen molar-refractivity contribution in [1.29, 1.82) is 0 Å². The fourth-order valence-corrected chi connectivity index (χ4v) is 4.85. The smallest absolute Gasteiger partial charge is 0.202 e. The van der Waals surface area contributed by atoms with Crippen LogP contribution >= 0.6 is 11.8 Å². The summed E-state index contributed by atoms with van der Waals surface area (Å²) in [4.78, 5) is 6.88. The number of aliphatic hydroxyl groups is 1. The third-order valence-electron chi connectivity index (χ3n) is 5.30. The third-order valence-corrected chi connectivity index (χ3v) is 6.34. The Morgan fingerprint density at radius 3 is 2.63 bits per heavy atom. The van der Waals surface area contributed by atoms with Crippen LogP contribution in [0.3, 0.4) is 0 Å². The van der Waals surface area contributed by atoms with E-state index >= 15 is 0 Å². The number of anilines is 3. The molecule has 1 aliphatic heterocycles. The van der Waals surface area contributed by atoms with Crippen molar-refractivity contribution in [2.75, 3.05) is 27.8 Å². The second-order valence-corrected chi connectivity index (χ2v) is 8.55. The van der Waals surface area contributed by atoms with E-state index < -0.39 is 6.35 Å². The van der Waals surface area contributed by atoms with Gasteiger partial charge in [0.2, 0.25) is 6.35 Å². The molecule has 152 valence electrons. The Balaban J connectivity index is 1.30. The first kappa shape index (κ1) is 18.9. The predicted octanol–water partition coefficient (Wildman–Crippen LogP) is 5.08. The zero-order valence-electron chi connectivity index (χ0n) is 16.5. The lowest BCUT2D eigenvalue weighted by atomic mass is 10.2. The van der Waals surface area contributed by atoms with Crippen LogP contribution in [0.5, 0.6) is 0 Å². The maximum absolute atomic E-state index is 10.5. The third kappa shape index (κ3) is 4.10. The summed E-state index contributed by atoms with van der Waals surface area (Å²) in [6.07, 6.45) is 1.02. The van der Waals surface area contributed by atoms with Crippen molar-refractivity contribution in [3.63, 3.8) is 0 Å². The summed E-state index contributed by atoms with van der Waals surface area (Å²) in [5, 5.41) is 18.0. The fourth-order valence-electron chi connectivity index (χ4n) is 3.82. The van der Waals surface area contributed by atoms with Gasteiger partial charge in [0.25, 0.3) is 0 Å². The monoisotopic (exact) mass is 416 g/mol. The number of aromatic amines is 1. The number of H-pyrrole nitrogens is 1. The molecule has 2 heterocycles. The maximum Gasteiger partial charge on any atom is 0.202 e. The van der Waals surface area contributed by atoms with Crippen LogP contribution in [0.4, 0.5) is 17.1 Å². The summed E-state index contributed by atoms with van der Waals surface area (Å²) in [5.41, 5.74) is 5.28. The molecule has 0 fully saturated rings. The first-order chi connectivity index (χ1) is 14.7. The molecule has 0 aliphatic carbocycles. The lowest BCUT2D eigenvalue weighted by Gasteiger charge is -2.31. The lowest BCUT2D eigenvalue weighted by molar-refractivity contribution is 0.233. The van der Waals surface area contributed by atoms with Crippen LogP contribution in [-0.4, -0.2) is 28.7 Å². The molecule has 3 aromatic carbocycles. The van der Waals surface area contributed by atoms with Gasteiger partial charge in [0.1, 0.15) is 0 Å². The lowest BCUT2D eigenvalue weighted by Crippen LogP contribution is -2.30. The summed E-state index contributed by atoms with van der Waals surface area (Å²) in [7, 11) is 0. The van der Waals surface area contributed by atoms with Gasteiger partial charge in [-0.05, 0) is 47.3 Å². The van der Waals surface area contributed by atoms with Gasteiger partial charge in [-0.2, -0.15) is 0 Å². The van der Waals surface area contributed by atoms with Gasteiger partial charge < -0.3 is 25.6 Å². The summed E-state index contributed by atoms with van der Waals surface area (Å²) in [6.45, 7) is 1.89. The molecule has 0 saturated heterocycles. The van der Waals surface area contributed by atoms with Gasteiger partial charge in [0, 0.05) is 46.8 Å². The topological polar surface area (TPSA) is 63.3 Å². The minimum atomic E-state index is -0.894. The van der Waals surface area contributed by atoms with Crippen LogP contribution in [0, 0.1) is 0 Å². The minimum Gasteiger partial charge on any atom is -0.365 e. The first-order valence-electron chi connectivity index (χ1n) is 10.1. The van der Waals surface area contributed by atoms with Gasteiger partial charge in [0.05, 0.1) is 5.69 Å². The molecule has 0 bridgehead atoms. The Morgan fingerprint density at radius 2 is 1.77 bits per heavy atom. The quantitative estimate of drug-likeness (QED) is 0.330. The largest absolute Gasteiger partial charge is 0.365 e. The summed E-state index contributed by atoms with van der Waals surface area (Å²) < 4.78 is 0. The highest BCUT2D eigenvalue weighted by atomic mass is 32.2. The average Bonchev–Trinajstić information content (AvgIpc) is 3.23. The van der Waals surface area contributed by atoms with Crippen molar-refractivity contribution >= 4 is 39.7 Å².